The molecule has 1 atom stereocenters. The molecule has 0 saturated heterocycles. The van der Waals surface area contributed by atoms with Crippen LogP contribution in [0.1, 0.15) is 6.92 Å². The number of nitrogens with zero attached hydrogens (tertiary/aromatic N) is 1. The van der Waals surface area contributed by atoms with Crippen LogP contribution < -0.4 is 10.5 Å². The highest BCUT2D eigenvalue weighted by atomic mass is 79.9. The van der Waals surface area contributed by atoms with E-state index in [-0.39, 0.29) is 22.5 Å². The van der Waals surface area contributed by atoms with E-state index in [4.69, 9.17) is 22.1 Å². The Labute approximate surface area is 126 Å². The van der Waals surface area contributed by atoms with Crippen LogP contribution in [0, 0.1) is 0 Å². The van der Waals surface area contributed by atoms with Gasteiger partial charge in [0.05, 0.1) is 17.0 Å². The lowest BCUT2D eigenvalue weighted by atomic mass is 10.3. The van der Waals surface area contributed by atoms with E-state index >= 15 is 0 Å². The SMILES string of the molecule is COc1cc(Br)c(S(=O)(=O)N(C)C(C)CN)cc1Cl. The van der Waals surface area contributed by atoms with Gasteiger partial charge in [-0.15, -0.1) is 0 Å². The minimum atomic E-state index is -3.66. The Hall–Kier alpha value is -0.340. The van der Waals surface area contributed by atoms with E-state index in [1.807, 2.05) is 0 Å². The molecule has 8 heteroatoms. The molecule has 0 radical (unpaired) electrons. The van der Waals surface area contributed by atoms with E-state index in [0.717, 1.165) is 0 Å². The molecule has 0 fully saturated rings. The van der Waals surface area contributed by atoms with Crippen LogP contribution in [-0.4, -0.2) is 39.5 Å². The van der Waals surface area contributed by atoms with Crippen molar-refractivity contribution >= 4 is 37.6 Å². The predicted octanol–water partition coefficient (Wildman–Crippen LogP) is 2.08. The quantitative estimate of drug-likeness (QED) is 0.860. The van der Waals surface area contributed by atoms with E-state index in [1.165, 1.54) is 30.6 Å². The average Bonchev–Trinajstić information content (AvgIpc) is 2.38. The fourth-order valence-electron chi connectivity index (χ4n) is 1.40. The van der Waals surface area contributed by atoms with Crippen molar-refractivity contribution in [1.82, 2.24) is 4.31 Å². The minimum Gasteiger partial charge on any atom is -0.495 e. The maximum absolute atomic E-state index is 12.4. The number of hydrogen-bond acceptors (Lipinski definition) is 4. The third-order valence-corrected chi connectivity index (χ3v) is 6.05. The van der Waals surface area contributed by atoms with Gasteiger partial charge in [0.1, 0.15) is 5.75 Å². The molecule has 108 valence electrons. The Morgan fingerprint density at radius 2 is 2.11 bits per heavy atom. The minimum absolute atomic E-state index is 0.0844. The molecule has 5 nitrogen and oxygen atoms in total. The highest BCUT2D eigenvalue weighted by Gasteiger charge is 2.27. The van der Waals surface area contributed by atoms with Crippen LogP contribution >= 0.6 is 27.5 Å². The van der Waals surface area contributed by atoms with Gasteiger partial charge < -0.3 is 10.5 Å². The van der Waals surface area contributed by atoms with Gasteiger partial charge in [-0.25, -0.2) is 8.42 Å². The van der Waals surface area contributed by atoms with Crippen molar-refractivity contribution in [3.8, 4) is 5.75 Å². The lowest BCUT2D eigenvalue weighted by Crippen LogP contribution is -2.39. The topological polar surface area (TPSA) is 72.6 Å². The van der Waals surface area contributed by atoms with Crippen LogP contribution in [0.4, 0.5) is 0 Å². The Bertz CT molecular complexity index is 565. The number of hydrogen-bond donors (Lipinski definition) is 1. The summed E-state index contributed by atoms with van der Waals surface area (Å²) < 4.78 is 31.5. The molecule has 1 aromatic rings. The molecular weight excluding hydrogens is 356 g/mol. The second-order valence-corrected chi connectivity index (χ2v) is 7.25. The van der Waals surface area contributed by atoms with Crippen LogP contribution in [0.3, 0.4) is 0 Å². The number of likely N-dealkylation sites (N-methyl/N-ethyl adjacent to an activating group) is 1. The molecule has 1 unspecified atom stereocenters. The second kappa shape index (κ2) is 6.41. The van der Waals surface area contributed by atoms with Crippen molar-refractivity contribution in [3.05, 3.63) is 21.6 Å². The molecule has 0 amide bonds. The van der Waals surface area contributed by atoms with E-state index in [9.17, 15) is 8.42 Å². The van der Waals surface area contributed by atoms with Gasteiger partial charge in [0, 0.05) is 24.1 Å². The van der Waals surface area contributed by atoms with E-state index in [1.54, 1.807) is 6.92 Å². The third kappa shape index (κ3) is 3.41. The summed E-state index contributed by atoms with van der Waals surface area (Å²) in [6.07, 6.45) is 0. The Balaban J connectivity index is 3.34. The Morgan fingerprint density at radius 1 is 1.53 bits per heavy atom. The number of nitrogens with two attached hydrogens (primary N) is 1. The predicted molar refractivity (Wildman–Crippen MR) is 79.2 cm³/mol. The summed E-state index contributed by atoms with van der Waals surface area (Å²) in [5, 5.41) is 0.234. The number of sulfonamides is 1. The van der Waals surface area contributed by atoms with Gasteiger partial charge in [0.25, 0.3) is 0 Å². The third-order valence-electron chi connectivity index (χ3n) is 2.83. The number of ether oxygens (including phenoxy) is 1. The van der Waals surface area contributed by atoms with Crippen molar-refractivity contribution in [3.63, 3.8) is 0 Å². The Morgan fingerprint density at radius 3 is 2.58 bits per heavy atom. The second-order valence-electron chi connectivity index (χ2n) is 4.02. The summed E-state index contributed by atoms with van der Waals surface area (Å²) in [6.45, 7) is 1.97. The van der Waals surface area contributed by atoms with Gasteiger partial charge in [-0.3, -0.25) is 0 Å². The van der Waals surface area contributed by atoms with Gasteiger partial charge in [0.2, 0.25) is 10.0 Å². The molecule has 0 bridgehead atoms. The number of rotatable bonds is 5. The zero-order valence-corrected chi connectivity index (χ0v) is 14.0. The first kappa shape index (κ1) is 16.7. The molecule has 0 aliphatic rings. The molecule has 0 saturated carbocycles. The van der Waals surface area contributed by atoms with Gasteiger partial charge in [-0.2, -0.15) is 4.31 Å². The molecule has 0 spiro atoms. The van der Waals surface area contributed by atoms with Crippen molar-refractivity contribution in [2.75, 3.05) is 20.7 Å². The maximum Gasteiger partial charge on any atom is 0.244 e. The highest BCUT2D eigenvalue weighted by Crippen LogP contribution is 2.34. The van der Waals surface area contributed by atoms with Crippen molar-refractivity contribution in [2.45, 2.75) is 17.9 Å². The standard InChI is InChI=1S/C11H16BrClN2O3S/c1-7(6-14)15(2)19(16,17)11-5-9(13)10(18-3)4-8(11)12/h4-5,7H,6,14H2,1-3H3. The number of methoxy groups -OCH3 is 1. The molecular formula is C11H16BrClN2O3S. The zero-order chi connectivity index (χ0) is 14.8. The van der Waals surface area contributed by atoms with Crippen molar-refractivity contribution < 1.29 is 13.2 Å². The fourth-order valence-corrected chi connectivity index (χ4v) is 4.09. The fraction of sp³-hybridized carbons (Fsp3) is 0.455. The first-order valence-corrected chi connectivity index (χ1v) is 8.08. The van der Waals surface area contributed by atoms with Crippen molar-refractivity contribution in [1.29, 1.82) is 0 Å². The van der Waals surface area contributed by atoms with Crippen LogP contribution in [-0.2, 0) is 10.0 Å². The molecule has 1 rings (SSSR count). The van der Waals surface area contributed by atoms with Crippen LogP contribution in [0.2, 0.25) is 5.02 Å². The van der Waals surface area contributed by atoms with Gasteiger partial charge in [-0.1, -0.05) is 11.6 Å². The summed E-state index contributed by atoms with van der Waals surface area (Å²) in [4.78, 5) is 0.0844. The summed E-state index contributed by atoms with van der Waals surface area (Å²) in [6, 6.07) is 2.58. The van der Waals surface area contributed by atoms with Gasteiger partial charge >= 0.3 is 0 Å². The number of benzene rings is 1. The monoisotopic (exact) mass is 370 g/mol. The molecule has 19 heavy (non-hydrogen) atoms. The van der Waals surface area contributed by atoms with Crippen LogP contribution in [0.25, 0.3) is 0 Å². The Kier molecular flexibility index (Phi) is 5.64. The average molecular weight is 372 g/mol. The van der Waals surface area contributed by atoms with E-state index < -0.39 is 10.0 Å². The smallest absolute Gasteiger partial charge is 0.244 e. The first-order valence-electron chi connectivity index (χ1n) is 5.46. The van der Waals surface area contributed by atoms with Crippen LogP contribution in [0.5, 0.6) is 5.75 Å². The summed E-state index contributed by atoms with van der Waals surface area (Å²) >= 11 is 9.19. The summed E-state index contributed by atoms with van der Waals surface area (Å²) in [5.41, 5.74) is 5.50. The first-order chi connectivity index (χ1) is 8.75. The largest absolute Gasteiger partial charge is 0.495 e. The van der Waals surface area contributed by atoms with E-state index in [0.29, 0.717) is 10.2 Å². The molecule has 0 aliphatic carbocycles. The lowest BCUT2D eigenvalue weighted by molar-refractivity contribution is 0.393. The van der Waals surface area contributed by atoms with Crippen LogP contribution in [0.15, 0.2) is 21.5 Å². The molecule has 0 aliphatic heterocycles. The van der Waals surface area contributed by atoms with Gasteiger partial charge in [-0.05, 0) is 35.0 Å². The lowest BCUT2D eigenvalue weighted by Gasteiger charge is -2.23. The van der Waals surface area contributed by atoms with Crippen molar-refractivity contribution in [2.24, 2.45) is 5.73 Å². The highest BCUT2D eigenvalue weighted by molar-refractivity contribution is 9.10. The summed E-state index contributed by atoms with van der Waals surface area (Å²) in [5.74, 6) is 0.405. The number of halogens is 2. The summed E-state index contributed by atoms with van der Waals surface area (Å²) in [7, 11) is -0.716. The normalized spacial score (nSPS) is 13.6. The molecule has 2 N–H and O–H groups in total. The molecule has 0 heterocycles. The zero-order valence-electron chi connectivity index (χ0n) is 10.9. The van der Waals surface area contributed by atoms with E-state index in [2.05, 4.69) is 15.9 Å². The molecule has 0 aromatic heterocycles. The van der Waals surface area contributed by atoms with Gasteiger partial charge in [0.15, 0.2) is 0 Å². The molecule has 1 aromatic carbocycles. The maximum atomic E-state index is 12.4.